The van der Waals surface area contributed by atoms with Crippen molar-refractivity contribution in [1.29, 1.82) is 0 Å². The van der Waals surface area contributed by atoms with Gasteiger partial charge < -0.3 is 4.74 Å². The van der Waals surface area contributed by atoms with Gasteiger partial charge in [0.15, 0.2) is 0 Å². The van der Waals surface area contributed by atoms with E-state index in [9.17, 15) is 13.2 Å². The number of hydrogen-bond donors (Lipinski definition) is 3. The van der Waals surface area contributed by atoms with Gasteiger partial charge in [-0.1, -0.05) is 18.4 Å². The fourth-order valence-electron chi connectivity index (χ4n) is 7.42. The van der Waals surface area contributed by atoms with Crippen LogP contribution in [0.1, 0.15) is 77.8 Å². The summed E-state index contributed by atoms with van der Waals surface area (Å²) in [5, 5.41) is 11.6. The van der Waals surface area contributed by atoms with Crippen molar-refractivity contribution >= 4 is 11.9 Å². The maximum absolute atomic E-state index is 13.3. The third-order valence-corrected chi connectivity index (χ3v) is 11.0. The van der Waals surface area contributed by atoms with Crippen LogP contribution in [0.5, 0.6) is 5.88 Å². The van der Waals surface area contributed by atoms with Crippen LogP contribution in [0.4, 0.5) is 13.2 Å². The molecule has 12 heteroatoms. The first-order valence-electron chi connectivity index (χ1n) is 15.3. The number of alkyl halides is 3. The molecule has 5 aliphatic rings. The van der Waals surface area contributed by atoms with Crippen LogP contribution >= 0.6 is 11.9 Å². The van der Waals surface area contributed by atoms with Crippen molar-refractivity contribution in [1.82, 2.24) is 35.2 Å². The Hall–Kier alpha value is -1.05. The van der Waals surface area contributed by atoms with E-state index < -0.39 is 11.6 Å². The summed E-state index contributed by atoms with van der Waals surface area (Å²) < 4.78 is 51.1. The molecule has 5 fully saturated rings. The van der Waals surface area contributed by atoms with Gasteiger partial charge in [-0.05, 0) is 71.1 Å². The molecule has 7 atom stereocenters. The Morgan fingerprint density at radius 3 is 2.77 bits per heavy atom. The largest absolute Gasteiger partial charge is 0.477 e. The zero-order valence-electron chi connectivity index (χ0n) is 23.9. The van der Waals surface area contributed by atoms with Gasteiger partial charge in [-0.25, -0.2) is 5.01 Å². The minimum atomic E-state index is -4.15. The molecule has 1 saturated carbocycles. The Balaban J connectivity index is 1.11. The zero-order valence-corrected chi connectivity index (χ0v) is 24.7. The normalized spacial score (nSPS) is 37.8. The summed E-state index contributed by atoms with van der Waals surface area (Å²) in [6.07, 6.45) is 5.46. The van der Waals surface area contributed by atoms with Crippen LogP contribution in [0, 0.1) is 17.3 Å². The molecule has 226 valence electrons. The number of rotatable bonds is 5. The highest BCUT2D eigenvalue weighted by molar-refractivity contribution is 7.98. The molecule has 4 saturated heterocycles. The van der Waals surface area contributed by atoms with E-state index in [0.717, 1.165) is 45.6 Å². The third kappa shape index (κ3) is 6.32. The topological polar surface area (TPSA) is 69.6 Å². The van der Waals surface area contributed by atoms with E-state index in [-0.39, 0.29) is 43.7 Å². The number of fused-ring (bicyclic) bond motifs is 6. The molecule has 0 aromatic carbocycles. The minimum absolute atomic E-state index is 0.0000350. The average Bonchev–Trinajstić information content (AvgIpc) is 3.20. The number of hydrazine groups is 1. The highest BCUT2D eigenvalue weighted by Gasteiger charge is 2.62. The number of piperidine rings is 1. The summed E-state index contributed by atoms with van der Waals surface area (Å²) in [6.45, 7) is 10.1. The van der Waals surface area contributed by atoms with Gasteiger partial charge in [-0.15, -0.1) is 5.10 Å². The first-order valence-corrected chi connectivity index (χ1v) is 16.1. The molecule has 0 spiro atoms. The molecule has 4 bridgehead atoms. The number of nitrogens with zero attached hydrogens (tertiary/aromatic N) is 4. The molecule has 8 nitrogen and oxygen atoms in total. The first-order chi connectivity index (χ1) is 19.1. The second-order valence-corrected chi connectivity index (χ2v) is 14.6. The summed E-state index contributed by atoms with van der Waals surface area (Å²) in [5.74, 6) is 1.59. The van der Waals surface area contributed by atoms with Crippen LogP contribution in [0.3, 0.4) is 0 Å². The van der Waals surface area contributed by atoms with Crippen molar-refractivity contribution in [3.05, 3.63) is 12.3 Å². The van der Waals surface area contributed by atoms with Crippen LogP contribution < -0.4 is 20.2 Å². The highest BCUT2D eigenvalue weighted by Crippen LogP contribution is 2.59. The molecule has 4 aliphatic heterocycles. The van der Waals surface area contributed by atoms with E-state index >= 15 is 0 Å². The van der Waals surface area contributed by atoms with Crippen molar-refractivity contribution in [2.45, 2.75) is 101 Å². The number of halogens is 3. The second-order valence-electron chi connectivity index (χ2n) is 13.4. The molecular weight excluding hydrogens is 539 g/mol. The molecular formula is C28H46F3N7OS. The maximum atomic E-state index is 13.3. The molecule has 40 heavy (non-hydrogen) atoms. The lowest BCUT2D eigenvalue weighted by molar-refractivity contribution is -0.190. The van der Waals surface area contributed by atoms with E-state index in [1.807, 2.05) is 22.8 Å². The predicted molar refractivity (Wildman–Crippen MR) is 150 cm³/mol. The van der Waals surface area contributed by atoms with Gasteiger partial charge in [0.1, 0.15) is 6.17 Å². The minimum Gasteiger partial charge on any atom is -0.477 e. The number of aromatic nitrogens is 2. The lowest BCUT2D eigenvalue weighted by Gasteiger charge is -2.47. The van der Waals surface area contributed by atoms with E-state index in [0.29, 0.717) is 23.0 Å². The molecule has 6 rings (SSSR count). The van der Waals surface area contributed by atoms with E-state index in [2.05, 4.69) is 44.3 Å². The molecule has 0 radical (unpaired) electrons. The Labute approximate surface area is 240 Å². The van der Waals surface area contributed by atoms with Gasteiger partial charge in [0.25, 0.3) is 0 Å². The summed E-state index contributed by atoms with van der Waals surface area (Å²) >= 11 is 1.88. The van der Waals surface area contributed by atoms with E-state index in [1.165, 1.54) is 25.7 Å². The monoisotopic (exact) mass is 585 g/mol. The Bertz CT molecular complexity index is 1000. The number of nitrogens with one attached hydrogen (secondary N) is 3. The fraction of sp³-hybridized carbons (Fsp3) is 0.893. The smallest absolute Gasteiger partial charge is 0.394 e. The zero-order chi connectivity index (χ0) is 28.0. The van der Waals surface area contributed by atoms with Gasteiger partial charge in [0, 0.05) is 61.7 Å². The van der Waals surface area contributed by atoms with E-state index in [4.69, 9.17) is 4.74 Å². The summed E-state index contributed by atoms with van der Waals surface area (Å²) in [4.78, 5) is 2.71. The molecule has 1 aromatic rings. The summed E-state index contributed by atoms with van der Waals surface area (Å²) in [7, 11) is 0. The van der Waals surface area contributed by atoms with Crippen molar-refractivity contribution in [2.24, 2.45) is 17.3 Å². The lowest BCUT2D eigenvalue weighted by atomic mass is 9.90. The molecule has 1 aromatic heterocycles. The fourth-order valence-corrected chi connectivity index (χ4v) is 8.38. The summed E-state index contributed by atoms with van der Waals surface area (Å²) in [5.41, 5.74) is 2.16. The van der Waals surface area contributed by atoms with Gasteiger partial charge in [0.05, 0.1) is 18.2 Å². The van der Waals surface area contributed by atoms with Gasteiger partial charge >= 0.3 is 6.18 Å². The number of ether oxygens (including phenoxy) is 1. The lowest BCUT2D eigenvalue weighted by Crippen LogP contribution is -2.60. The number of hydrogen-bond acceptors (Lipinski definition) is 8. The summed E-state index contributed by atoms with van der Waals surface area (Å²) in [6, 6.07) is 1.78. The Kier molecular flexibility index (Phi) is 8.39. The second kappa shape index (κ2) is 11.6. The van der Waals surface area contributed by atoms with Crippen LogP contribution in [0.2, 0.25) is 0 Å². The Morgan fingerprint density at radius 2 is 1.98 bits per heavy atom. The van der Waals surface area contributed by atoms with Crippen molar-refractivity contribution in [2.75, 3.05) is 39.3 Å². The standard InChI is InChI=1S/C28H46F3N7OS/c1-26(2)15-20-5-3-4-12-36-19-22(17-32-36)40-33-16-21-6-7-23(34-25(21)37(26)18-20)38-13-8-24(35-38)39-14-11-27(9-10-27)28(29,30)31/h8,13,20-23,25,32-34H,3-7,9-12,14-19H2,1-2H3. The first kappa shape index (κ1) is 29.0. The molecule has 0 amide bonds. The van der Waals surface area contributed by atoms with Crippen LogP contribution in [0.25, 0.3) is 0 Å². The van der Waals surface area contributed by atoms with E-state index in [1.54, 1.807) is 6.07 Å². The molecule has 3 N–H and O–H groups in total. The molecule has 5 heterocycles. The van der Waals surface area contributed by atoms with Crippen LogP contribution in [-0.4, -0.2) is 82.2 Å². The average molecular weight is 586 g/mol. The highest BCUT2D eigenvalue weighted by atomic mass is 32.2. The van der Waals surface area contributed by atoms with Crippen molar-refractivity contribution in [3.8, 4) is 5.88 Å². The van der Waals surface area contributed by atoms with Gasteiger partial charge in [-0.3, -0.25) is 25.0 Å². The Morgan fingerprint density at radius 1 is 1.12 bits per heavy atom. The predicted octanol–water partition coefficient (Wildman–Crippen LogP) is 4.53. The maximum Gasteiger partial charge on any atom is 0.394 e. The van der Waals surface area contributed by atoms with Crippen molar-refractivity contribution in [3.63, 3.8) is 0 Å². The van der Waals surface area contributed by atoms with Crippen LogP contribution in [-0.2, 0) is 0 Å². The third-order valence-electron chi connectivity index (χ3n) is 10.0. The van der Waals surface area contributed by atoms with Gasteiger partial charge in [0.2, 0.25) is 5.88 Å². The SMILES string of the molecule is CC1(C)CC2CCCCN3CC(CN3)SNCC3CCC(n4ccc(OCCC5(C(F)(F)F)CC5)n4)NC3N1C2. The quantitative estimate of drug-likeness (QED) is 0.436. The van der Waals surface area contributed by atoms with Gasteiger partial charge in [-0.2, -0.15) is 13.2 Å². The van der Waals surface area contributed by atoms with Crippen molar-refractivity contribution < 1.29 is 17.9 Å². The molecule has 1 aliphatic carbocycles. The van der Waals surface area contributed by atoms with Crippen LogP contribution in [0.15, 0.2) is 12.3 Å². The molecule has 7 unspecified atom stereocenters.